The third-order valence-corrected chi connectivity index (χ3v) is 8.22. The number of aryl methyl sites for hydroxylation is 1. The first-order valence-corrected chi connectivity index (χ1v) is 12.2. The van der Waals surface area contributed by atoms with Gasteiger partial charge in [-0.05, 0) is 62.2 Å². The number of halogens is 1. The minimum absolute atomic E-state index is 0.0375. The summed E-state index contributed by atoms with van der Waals surface area (Å²) in [5, 5.41) is 0. The van der Waals surface area contributed by atoms with E-state index in [0.29, 0.717) is 24.2 Å². The van der Waals surface area contributed by atoms with Crippen molar-refractivity contribution in [2.75, 3.05) is 13.2 Å². The van der Waals surface area contributed by atoms with Crippen LogP contribution in [0.2, 0.25) is 0 Å². The van der Waals surface area contributed by atoms with E-state index in [4.69, 9.17) is 4.74 Å². The second-order valence-electron chi connectivity index (χ2n) is 7.18. The van der Waals surface area contributed by atoms with Crippen molar-refractivity contribution < 1.29 is 22.3 Å². The molecule has 1 atom stereocenters. The minimum Gasteiger partial charge on any atom is -0.494 e. The normalized spacial score (nSPS) is 18.0. The van der Waals surface area contributed by atoms with Gasteiger partial charge in [0.15, 0.2) is 4.80 Å². The summed E-state index contributed by atoms with van der Waals surface area (Å²) in [5.74, 6) is -0.287. The monoisotopic (exact) mass is 463 g/mol. The Balaban J connectivity index is 1.66. The Morgan fingerprint density at radius 1 is 1.26 bits per heavy atom. The highest BCUT2D eigenvalue weighted by Crippen LogP contribution is 2.27. The van der Waals surface area contributed by atoms with Crippen LogP contribution >= 0.6 is 11.3 Å². The topological polar surface area (TPSA) is 81.0 Å². The summed E-state index contributed by atoms with van der Waals surface area (Å²) >= 11 is 1.34. The molecule has 3 aromatic rings. The maximum atomic E-state index is 13.2. The number of hydrogen-bond acceptors (Lipinski definition) is 5. The molecule has 2 heterocycles. The maximum absolute atomic E-state index is 13.2. The van der Waals surface area contributed by atoms with E-state index in [-0.39, 0.29) is 11.4 Å². The van der Waals surface area contributed by atoms with Gasteiger partial charge >= 0.3 is 0 Å². The van der Waals surface area contributed by atoms with Gasteiger partial charge in [0.25, 0.3) is 5.91 Å². The molecule has 1 fully saturated rings. The first-order valence-electron chi connectivity index (χ1n) is 9.89. The lowest BCUT2D eigenvalue weighted by Crippen LogP contribution is -2.40. The number of thiazole rings is 1. The van der Waals surface area contributed by atoms with Crippen molar-refractivity contribution in [2.45, 2.75) is 30.7 Å². The number of sulfonamides is 1. The number of aromatic nitrogens is 1. The van der Waals surface area contributed by atoms with Crippen molar-refractivity contribution in [2.24, 2.45) is 12.0 Å². The Bertz CT molecular complexity index is 1300. The van der Waals surface area contributed by atoms with Gasteiger partial charge in [-0.25, -0.2) is 12.8 Å². The van der Waals surface area contributed by atoms with E-state index >= 15 is 0 Å². The first-order chi connectivity index (χ1) is 14.8. The van der Waals surface area contributed by atoms with Crippen LogP contribution in [-0.4, -0.2) is 42.4 Å². The second kappa shape index (κ2) is 8.52. The number of nitrogens with zero attached hydrogens (tertiary/aromatic N) is 3. The largest absolute Gasteiger partial charge is 0.494 e. The minimum atomic E-state index is -3.92. The van der Waals surface area contributed by atoms with Gasteiger partial charge in [0, 0.05) is 13.6 Å². The predicted molar refractivity (Wildman–Crippen MR) is 116 cm³/mol. The zero-order chi connectivity index (χ0) is 22.2. The highest BCUT2D eigenvalue weighted by atomic mass is 32.2. The van der Waals surface area contributed by atoms with Crippen LogP contribution in [0.4, 0.5) is 4.39 Å². The molecule has 1 aliphatic heterocycles. The van der Waals surface area contributed by atoms with Crippen LogP contribution in [0.15, 0.2) is 52.4 Å². The van der Waals surface area contributed by atoms with Gasteiger partial charge in [0.1, 0.15) is 17.6 Å². The van der Waals surface area contributed by atoms with Crippen LogP contribution in [0.1, 0.15) is 19.8 Å². The molecule has 0 N–H and O–H groups in total. The van der Waals surface area contributed by atoms with Crippen LogP contribution in [-0.2, 0) is 21.9 Å². The van der Waals surface area contributed by atoms with E-state index < -0.39 is 27.8 Å². The van der Waals surface area contributed by atoms with Crippen molar-refractivity contribution >= 4 is 37.5 Å². The van der Waals surface area contributed by atoms with E-state index in [1.165, 1.54) is 27.8 Å². The lowest BCUT2D eigenvalue weighted by molar-refractivity contribution is -0.121. The zero-order valence-electron chi connectivity index (χ0n) is 17.1. The van der Waals surface area contributed by atoms with Crippen molar-refractivity contribution in [3.8, 4) is 5.75 Å². The van der Waals surface area contributed by atoms with E-state index in [9.17, 15) is 17.6 Å². The van der Waals surface area contributed by atoms with E-state index in [1.54, 1.807) is 4.57 Å². The molecule has 164 valence electrons. The van der Waals surface area contributed by atoms with Crippen molar-refractivity contribution in [1.82, 2.24) is 8.87 Å². The molecule has 1 unspecified atom stereocenters. The summed E-state index contributed by atoms with van der Waals surface area (Å²) in [4.78, 5) is 17.7. The summed E-state index contributed by atoms with van der Waals surface area (Å²) < 4.78 is 48.7. The molecule has 1 saturated heterocycles. The second-order valence-corrected chi connectivity index (χ2v) is 10.1. The number of ether oxygens (including phenoxy) is 1. The molecule has 0 saturated carbocycles. The van der Waals surface area contributed by atoms with Crippen molar-refractivity contribution in [3.05, 3.63) is 53.1 Å². The highest BCUT2D eigenvalue weighted by molar-refractivity contribution is 7.89. The van der Waals surface area contributed by atoms with Crippen LogP contribution in [0.25, 0.3) is 10.2 Å². The van der Waals surface area contributed by atoms with Gasteiger partial charge in [-0.1, -0.05) is 11.3 Å². The Hall–Kier alpha value is -2.56. The standard InChI is InChI=1S/C21H22FN3O4S2/c1-3-29-15-8-11-17-19(13-15)30-21(24(17)2)23-20(26)18-5-4-12-25(18)31(27,28)16-9-6-14(22)7-10-16/h6-11,13,18H,3-5,12H2,1-2H3. The molecular formula is C21H22FN3O4S2. The Morgan fingerprint density at radius 3 is 2.71 bits per heavy atom. The Morgan fingerprint density at radius 2 is 2.00 bits per heavy atom. The summed E-state index contributed by atoms with van der Waals surface area (Å²) in [6, 6.07) is 9.40. The molecule has 1 aromatic heterocycles. The number of hydrogen-bond donors (Lipinski definition) is 0. The Kier molecular flexibility index (Phi) is 5.96. The summed E-state index contributed by atoms with van der Waals surface area (Å²) in [6.45, 7) is 2.69. The number of fused-ring (bicyclic) bond motifs is 1. The number of carbonyl (C=O) groups is 1. The molecule has 0 aliphatic carbocycles. The van der Waals surface area contributed by atoms with Crippen molar-refractivity contribution in [1.29, 1.82) is 0 Å². The molecule has 2 aromatic carbocycles. The van der Waals surface area contributed by atoms with Gasteiger partial charge in [-0.15, -0.1) is 0 Å². The van der Waals surface area contributed by atoms with Gasteiger partial charge < -0.3 is 9.30 Å². The molecule has 0 spiro atoms. The number of rotatable bonds is 5. The summed E-state index contributed by atoms with van der Waals surface area (Å²) in [7, 11) is -2.11. The summed E-state index contributed by atoms with van der Waals surface area (Å²) in [5.41, 5.74) is 0.905. The third-order valence-electron chi connectivity index (χ3n) is 5.21. The zero-order valence-corrected chi connectivity index (χ0v) is 18.7. The van der Waals surface area contributed by atoms with E-state index in [0.717, 1.165) is 28.1 Å². The van der Waals surface area contributed by atoms with Gasteiger partial charge in [0.05, 0.1) is 21.7 Å². The summed E-state index contributed by atoms with van der Waals surface area (Å²) in [6.07, 6.45) is 0.953. The fourth-order valence-electron chi connectivity index (χ4n) is 3.66. The van der Waals surface area contributed by atoms with Gasteiger partial charge in [0.2, 0.25) is 10.0 Å². The average Bonchev–Trinajstić information content (AvgIpc) is 3.35. The molecule has 4 rings (SSSR count). The highest BCUT2D eigenvalue weighted by Gasteiger charge is 2.39. The Labute approximate surface area is 183 Å². The molecule has 0 bridgehead atoms. The van der Waals surface area contributed by atoms with E-state index in [2.05, 4.69) is 4.99 Å². The van der Waals surface area contributed by atoms with Crippen LogP contribution < -0.4 is 9.54 Å². The molecule has 10 heteroatoms. The maximum Gasteiger partial charge on any atom is 0.266 e. The first kappa shape index (κ1) is 21.7. The van der Waals surface area contributed by atoms with Gasteiger partial charge in [-0.2, -0.15) is 9.30 Å². The number of amides is 1. The lowest BCUT2D eigenvalue weighted by atomic mass is 10.2. The molecule has 1 aliphatic rings. The third kappa shape index (κ3) is 4.15. The number of carbonyl (C=O) groups excluding carboxylic acids is 1. The quantitative estimate of drug-likeness (QED) is 0.583. The predicted octanol–water partition coefficient (Wildman–Crippen LogP) is 3.06. The average molecular weight is 464 g/mol. The smallest absolute Gasteiger partial charge is 0.266 e. The molecule has 0 radical (unpaired) electrons. The number of benzene rings is 2. The van der Waals surface area contributed by atoms with Crippen LogP contribution in [0, 0.1) is 5.82 Å². The molecule has 7 nitrogen and oxygen atoms in total. The fourth-order valence-corrected chi connectivity index (χ4v) is 6.37. The van der Waals surface area contributed by atoms with E-state index in [1.807, 2.05) is 32.2 Å². The van der Waals surface area contributed by atoms with Crippen LogP contribution in [0.5, 0.6) is 5.75 Å². The van der Waals surface area contributed by atoms with Gasteiger partial charge in [-0.3, -0.25) is 4.79 Å². The molecule has 31 heavy (non-hydrogen) atoms. The molecular weight excluding hydrogens is 441 g/mol. The fraction of sp³-hybridized carbons (Fsp3) is 0.333. The lowest BCUT2D eigenvalue weighted by Gasteiger charge is -2.21. The molecule has 1 amide bonds. The van der Waals surface area contributed by atoms with Crippen LogP contribution in [0.3, 0.4) is 0 Å². The SMILES string of the molecule is CCOc1ccc2c(c1)sc(=NC(=O)C1CCCN1S(=O)(=O)c1ccc(F)cc1)n2C. The van der Waals surface area contributed by atoms with Crippen molar-refractivity contribution in [3.63, 3.8) is 0 Å².